The van der Waals surface area contributed by atoms with Gasteiger partial charge < -0.3 is 5.11 Å². The van der Waals surface area contributed by atoms with Crippen molar-refractivity contribution < 1.29 is 5.11 Å². The van der Waals surface area contributed by atoms with Gasteiger partial charge in [0.2, 0.25) is 0 Å². The van der Waals surface area contributed by atoms with Gasteiger partial charge in [0.1, 0.15) is 5.75 Å². The summed E-state index contributed by atoms with van der Waals surface area (Å²) in [6.07, 6.45) is 3.94. The molecule has 2 saturated heterocycles. The smallest absolute Gasteiger partial charge is 0.120 e. The van der Waals surface area contributed by atoms with Crippen LogP contribution in [0.3, 0.4) is 0 Å². The molecule has 0 saturated carbocycles. The fourth-order valence-electron chi connectivity index (χ4n) is 3.72. The molecule has 2 fully saturated rings. The van der Waals surface area contributed by atoms with E-state index in [2.05, 4.69) is 23.8 Å². The van der Waals surface area contributed by atoms with Crippen molar-refractivity contribution in [2.45, 2.75) is 44.3 Å². The molecule has 104 valence electrons. The van der Waals surface area contributed by atoms with E-state index in [0.717, 1.165) is 24.7 Å². The molecule has 2 aliphatic heterocycles. The quantitative estimate of drug-likeness (QED) is 0.885. The van der Waals surface area contributed by atoms with Gasteiger partial charge in [0, 0.05) is 36.8 Å². The molecular weight excluding hydrogens is 236 g/mol. The number of hydrogen-bond donors (Lipinski definition) is 1. The van der Waals surface area contributed by atoms with E-state index < -0.39 is 0 Å². The van der Waals surface area contributed by atoms with Crippen LogP contribution in [-0.4, -0.2) is 47.1 Å². The Bertz CT molecular complexity index is 448. The molecule has 0 aromatic heterocycles. The van der Waals surface area contributed by atoms with Crippen LogP contribution in [0.2, 0.25) is 0 Å². The lowest BCUT2D eigenvalue weighted by molar-refractivity contribution is 0.179. The molecule has 3 nitrogen and oxygen atoms in total. The molecule has 3 atom stereocenters. The second-order valence-electron chi connectivity index (χ2n) is 6.07. The minimum Gasteiger partial charge on any atom is -0.508 e. The Kier molecular flexibility index (Phi) is 3.50. The minimum absolute atomic E-state index is 0.300. The number of phenolic OH excluding ortho intramolecular Hbond substituents is 1. The number of hydrogen-bond acceptors (Lipinski definition) is 3. The largest absolute Gasteiger partial charge is 0.508 e. The van der Waals surface area contributed by atoms with Gasteiger partial charge >= 0.3 is 0 Å². The second kappa shape index (κ2) is 5.14. The third-order valence-electron chi connectivity index (χ3n) is 5.11. The van der Waals surface area contributed by atoms with Gasteiger partial charge in [0.05, 0.1) is 0 Å². The first-order valence-corrected chi connectivity index (χ1v) is 7.40. The van der Waals surface area contributed by atoms with Crippen LogP contribution in [0.25, 0.3) is 0 Å². The predicted octanol–water partition coefficient (Wildman–Crippen LogP) is 2.62. The van der Waals surface area contributed by atoms with Crippen LogP contribution in [0.15, 0.2) is 24.3 Å². The summed E-state index contributed by atoms with van der Waals surface area (Å²) in [6.45, 7) is 4.48. The molecule has 3 unspecified atom stereocenters. The molecule has 3 rings (SSSR count). The topological polar surface area (TPSA) is 26.7 Å². The summed E-state index contributed by atoms with van der Waals surface area (Å²) < 4.78 is 0. The van der Waals surface area contributed by atoms with Crippen LogP contribution in [0, 0.1) is 0 Å². The lowest BCUT2D eigenvalue weighted by Gasteiger charge is -2.31. The first kappa shape index (κ1) is 12.9. The zero-order valence-corrected chi connectivity index (χ0v) is 11.9. The number of para-hydroxylation sites is 1. The SMILES string of the molecule is CC(c1ccccc1O)N1CCC2CCC(C1)N2C. The fraction of sp³-hybridized carbons (Fsp3) is 0.625. The highest BCUT2D eigenvalue weighted by Crippen LogP contribution is 2.34. The van der Waals surface area contributed by atoms with Gasteiger partial charge in [-0.1, -0.05) is 18.2 Å². The van der Waals surface area contributed by atoms with Crippen molar-refractivity contribution in [3.63, 3.8) is 0 Å². The average Bonchev–Trinajstić information content (AvgIpc) is 2.63. The Morgan fingerprint density at radius 2 is 1.89 bits per heavy atom. The third kappa shape index (κ3) is 2.37. The lowest BCUT2D eigenvalue weighted by atomic mass is 10.0. The lowest BCUT2D eigenvalue weighted by Crippen LogP contribution is -2.37. The van der Waals surface area contributed by atoms with Crippen molar-refractivity contribution in [1.29, 1.82) is 0 Å². The summed E-state index contributed by atoms with van der Waals surface area (Å²) in [6, 6.07) is 9.52. The maximum Gasteiger partial charge on any atom is 0.120 e. The summed E-state index contributed by atoms with van der Waals surface area (Å²) in [5, 5.41) is 10.0. The number of likely N-dealkylation sites (tertiary alicyclic amines) is 1. The summed E-state index contributed by atoms with van der Waals surface area (Å²) in [5.41, 5.74) is 1.06. The minimum atomic E-state index is 0.300. The predicted molar refractivity (Wildman–Crippen MR) is 77.3 cm³/mol. The van der Waals surface area contributed by atoms with Gasteiger partial charge in [-0.2, -0.15) is 0 Å². The normalized spacial score (nSPS) is 30.2. The molecule has 1 aromatic carbocycles. The molecular formula is C16H24N2O. The van der Waals surface area contributed by atoms with Crippen molar-refractivity contribution in [1.82, 2.24) is 9.80 Å². The van der Waals surface area contributed by atoms with Crippen LogP contribution < -0.4 is 0 Å². The van der Waals surface area contributed by atoms with E-state index in [-0.39, 0.29) is 0 Å². The number of phenols is 1. The van der Waals surface area contributed by atoms with E-state index in [0.29, 0.717) is 17.8 Å². The first-order valence-electron chi connectivity index (χ1n) is 7.40. The van der Waals surface area contributed by atoms with E-state index >= 15 is 0 Å². The standard InChI is InChI=1S/C16H24N2O/c1-12(15-5-3-4-6-16(15)19)18-10-9-13-7-8-14(11-18)17(13)2/h3-6,12-14,19H,7-11H2,1-2H3. The summed E-state index contributed by atoms with van der Waals surface area (Å²) in [4.78, 5) is 5.10. The molecule has 19 heavy (non-hydrogen) atoms. The summed E-state index contributed by atoms with van der Waals surface area (Å²) in [7, 11) is 2.27. The van der Waals surface area contributed by atoms with E-state index in [1.54, 1.807) is 6.07 Å². The number of nitrogens with zero attached hydrogens (tertiary/aromatic N) is 2. The van der Waals surface area contributed by atoms with Gasteiger partial charge in [-0.3, -0.25) is 9.80 Å². The number of aromatic hydroxyl groups is 1. The maximum atomic E-state index is 10.0. The third-order valence-corrected chi connectivity index (χ3v) is 5.11. The summed E-state index contributed by atoms with van der Waals surface area (Å²) in [5.74, 6) is 0.428. The molecule has 0 spiro atoms. The highest BCUT2D eigenvalue weighted by atomic mass is 16.3. The monoisotopic (exact) mass is 260 g/mol. The van der Waals surface area contributed by atoms with Crippen LogP contribution >= 0.6 is 0 Å². The number of benzene rings is 1. The highest BCUT2D eigenvalue weighted by molar-refractivity contribution is 5.34. The molecule has 0 amide bonds. The van der Waals surface area contributed by atoms with Crippen LogP contribution in [0.5, 0.6) is 5.75 Å². The fourth-order valence-corrected chi connectivity index (χ4v) is 3.72. The van der Waals surface area contributed by atoms with Crippen molar-refractivity contribution in [2.24, 2.45) is 0 Å². The molecule has 0 aliphatic carbocycles. The van der Waals surface area contributed by atoms with Gasteiger partial charge in [-0.05, 0) is 39.3 Å². The molecule has 2 heterocycles. The Balaban J connectivity index is 1.77. The van der Waals surface area contributed by atoms with E-state index in [4.69, 9.17) is 0 Å². The Labute approximate surface area is 115 Å². The Hall–Kier alpha value is -1.06. The number of likely N-dealkylation sites (N-methyl/N-ethyl adjacent to an activating group) is 1. The van der Waals surface area contributed by atoms with E-state index in [9.17, 15) is 5.11 Å². The van der Waals surface area contributed by atoms with Gasteiger partial charge in [-0.15, -0.1) is 0 Å². The summed E-state index contributed by atoms with van der Waals surface area (Å²) >= 11 is 0. The van der Waals surface area contributed by atoms with Crippen LogP contribution in [0.1, 0.15) is 37.8 Å². The zero-order chi connectivity index (χ0) is 13.4. The highest BCUT2D eigenvalue weighted by Gasteiger charge is 2.36. The number of rotatable bonds is 2. The van der Waals surface area contributed by atoms with Crippen LogP contribution in [-0.2, 0) is 0 Å². The van der Waals surface area contributed by atoms with Crippen molar-refractivity contribution >= 4 is 0 Å². The van der Waals surface area contributed by atoms with Crippen molar-refractivity contribution in [3.05, 3.63) is 29.8 Å². The molecule has 3 heteroatoms. The average molecular weight is 260 g/mol. The molecule has 2 aliphatic rings. The molecule has 1 N–H and O–H groups in total. The number of fused-ring (bicyclic) bond motifs is 2. The zero-order valence-electron chi connectivity index (χ0n) is 11.9. The first-order chi connectivity index (χ1) is 9.16. The van der Waals surface area contributed by atoms with Gasteiger partial charge in [-0.25, -0.2) is 0 Å². The van der Waals surface area contributed by atoms with Crippen molar-refractivity contribution in [3.8, 4) is 5.75 Å². The Morgan fingerprint density at radius 1 is 1.16 bits per heavy atom. The van der Waals surface area contributed by atoms with Crippen molar-refractivity contribution in [2.75, 3.05) is 20.1 Å². The second-order valence-corrected chi connectivity index (χ2v) is 6.07. The van der Waals surface area contributed by atoms with E-state index in [1.807, 2.05) is 18.2 Å². The Morgan fingerprint density at radius 3 is 2.68 bits per heavy atom. The molecule has 1 aromatic rings. The van der Waals surface area contributed by atoms with Gasteiger partial charge in [0.15, 0.2) is 0 Å². The van der Waals surface area contributed by atoms with Crippen LogP contribution in [0.4, 0.5) is 0 Å². The molecule has 0 radical (unpaired) electrons. The maximum absolute atomic E-state index is 10.0. The van der Waals surface area contributed by atoms with E-state index in [1.165, 1.54) is 19.3 Å². The molecule has 2 bridgehead atoms. The van der Waals surface area contributed by atoms with Gasteiger partial charge in [0.25, 0.3) is 0 Å².